The third-order valence-corrected chi connectivity index (χ3v) is 17.1. The van der Waals surface area contributed by atoms with Gasteiger partial charge < -0.3 is 45.2 Å². The molecule has 0 aromatic heterocycles. The van der Waals surface area contributed by atoms with Crippen LogP contribution in [0.2, 0.25) is 0 Å². The van der Waals surface area contributed by atoms with Crippen molar-refractivity contribution in [1.82, 2.24) is 0 Å². The number of hydrogen-bond donors (Lipinski definition) is 7. The summed E-state index contributed by atoms with van der Waals surface area (Å²) in [6.07, 6.45) is 23.1. The van der Waals surface area contributed by atoms with Crippen molar-refractivity contribution in [1.29, 1.82) is 0 Å². The van der Waals surface area contributed by atoms with Crippen LogP contribution in [0.25, 0.3) is 0 Å². The molecular weight excluding hydrogens is 817 g/mol. The molecule has 6 aliphatic rings. The van der Waals surface area contributed by atoms with E-state index < -0.39 is 41.7 Å². The fourth-order valence-electron chi connectivity index (χ4n) is 13.3. The van der Waals surface area contributed by atoms with Gasteiger partial charge in [0.25, 0.3) is 0 Å². The van der Waals surface area contributed by atoms with Gasteiger partial charge in [-0.25, -0.2) is 0 Å². The predicted octanol–water partition coefficient (Wildman–Crippen LogP) is 9.78. The Morgan fingerprint density at radius 1 is 0.723 bits per heavy atom. The Balaban J connectivity index is 0.000000247. The molecule has 0 bridgehead atoms. The first-order valence-electron chi connectivity index (χ1n) is 25.7. The molecule has 6 fully saturated rings. The number of ether oxygens (including phenoxy) is 2. The first-order valence-corrected chi connectivity index (χ1v) is 25.7. The lowest BCUT2D eigenvalue weighted by Gasteiger charge is -2.44. The summed E-state index contributed by atoms with van der Waals surface area (Å²) in [6, 6.07) is 0. The minimum Gasteiger partial charge on any atom is -0.396 e. The fraction of sp³-hybridized carbons (Fsp3) is 0.786. The number of aliphatic hydroxyl groups is 7. The maximum atomic E-state index is 10.7. The van der Waals surface area contributed by atoms with Crippen LogP contribution in [-0.2, 0) is 9.47 Å². The van der Waals surface area contributed by atoms with Crippen LogP contribution >= 0.6 is 0 Å². The Hall–Kier alpha value is -1.92. The van der Waals surface area contributed by atoms with Crippen molar-refractivity contribution >= 4 is 0 Å². The molecule has 9 nitrogen and oxygen atoms in total. The molecule has 13 atom stereocenters. The van der Waals surface area contributed by atoms with E-state index in [1.807, 2.05) is 27.7 Å². The number of fused-ring (bicyclic) bond motifs is 2. The Labute approximate surface area is 393 Å². The molecule has 0 aliphatic heterocycles. The van der Waals surface area contributed by atoms with Gasteiger partial charge in [0.05, 0.1) is 35.6 Å². The minimum atomic E-state index is -0.931. The van der Waals surface area contributed by atoms with Gasteiger partial charge in [-0.1, -0.05) is 82.2 Å². The zero-order chi connectivity index (χ0) is 47.9. The summed E-state index contributed by atoms with van der Waals surface area (Å²) in [7, 11) is 0. The highest BCUT2D eigenvalue weighted by molar-refractivity contribution is 5.41. The molecule has 0 aromatic carbocycles. The van der Waals surface area contributed by atoms with Crippen LogP contribution in [0.3, 0.4) is 0 Å². The Kier molecular flexibility index (Phi) is 19.2. The number of rotatable bonds is 16. The van der Waals surface area contributed by atoms with Gasteiger partial charge >= 0.3 is 0 Å². The second-order valence-corrected chi connectivity index (χ2v) is 23.2. The van der Waals surface area contributed by atoms with Gasteiger partial charge in [-0.3, -0.25) is 0 Å². The maximum Gasteiger partial charge on any atom is 0.114 e. The second kappa shape index (κ2) is 23.1. The molecule has 6 rings (SSSR count). The highest BCUT2D eigenvalue weighted by Gasteiger charge is 2.52. The average molecular weight is 909 g/mol. The Morgan fingerprint density at radius 3 is 1.85 bits per heavy atom. The highest BCUT2D eigenvalue weighted by Crippen LogP contribution is 2.61. The SMILES string of the molecule is C=C1/C(=C\C=C2/CCC[C@@]3(C)C2CC[C@@H]3[C@H](C)CCCC(C)(C)O)C[C@@H](O)[C@@H](OCCCO)[C@@H]1O.C=C1/C(=C\C=C2/CCC[C@@]3(C)C2CC[C@@H]3[C@H](C)OCCC(C)(C)O)C[C@@H](O)C[C@@H]1O. The number of aliphatic hydroxyl groups excluding tert-OH is 5. The molecule has 0 saturated heterocycles. The van der Waals surface area contributed by atoms with Crippen molar-refractivity contribution in [3.63, 3.8) is 0 Å². The van der Waals surface area contributed by atoms with E-state index in [0.717, 1.165) is 48.3 Å². The van der Waals surface area contributed by atoms with Crippen LogP contribution in [0.1, 0.15) is 171 Å². The van der Waals surface area contributed by atoms with Gasteiger partial charge in [0.1, 0.15) is 12.2 Å². The largest absolute Gasteiger partial charge is 0.396 e. The molecule has 7 N–H and O–H groups in total. The van der Waals surface area contributed by atoms with Crippen LogP contribution in [0.5, 0.6) is 0 Å². The monoisotopic (exact) mass is 909 g/mol. The average Bonchev–Trinajstić information content (AvgIpc) is 3.77. The molecule has 6 aliphatic carbocycles. The first kappa shape index (κ1) is 54.0. The topological polar surface area (TPSA) is 160 Å². The number of allylic oxidation sites excluding steroid dienone is 6. The van der Waals surface area contributed by atoms with Crippen molar-refractivity contribution in [3.8, 4) is 0 Å². The van der Waals surface area contributed by atoms with Gasteiger partial charge in [0.15, 0.2) is 0 Å². The summed E-state index contributed by atoms with van der Waals surface area (Å²) in [5.41, 5.74) is 5.61. The second-order valence-electron chi connectivity index (χ2n) is 23.2. The van der Waals surface area contributed by atoms with Crippen LogP contribution in [-0.4, -0.2) is 103 Å². The number of hydrogen-bond acceptors (Lipinski definition) is 9. The van der Waals surface area contributed by atoms with E-state index in [0.29, 0.717) is 80.0 Å². The van der Waals surface area contributed by atoms with E-state index in [9.17, 15) is 30.6 Å². The van der Waals surface area contributed by atoms with Crippen LogP contribution < -0.4 is 0 Å². The van der Waals surface area contributed by atoms with Crippen molar-refractivity contribution in [2.75, 3.05) is 19.8 Å². The zero-order valence-electron chi connectivity index (χ0n) is 41.9. The van der Waals surface area contributed by atoms with E-state index in [2.05, 4.69) is 65.2 Å². The third-order valence-electron chi connectivity index (χ3n) is 17.1. The van der Waals surface area contributed by atoms with E-state index in [1.165, 1.54) is 68.9 Å². The van der Waals surface area contributed by atoms with Crippen LogP contribution in [0.4, 0.5) is 0 Å². The normalized spacial score (nSPS) is 37.9. The summed E-state index contributed by atoms with van der Waals surface area (Å²) in [6.45, 7) is 26.1. The van der Waals surface area contributed by atoms with Gasteiger partial charge in [-0.2, -0.15) is 0 Å². The summed E-state index contributed by atoms with van der Waals surface area (Å²) in [4.78, 5) is 0. The lowest BCUT2D eigenvalue weighted by atomic mass is 9.60. The predicted molar refractivity (Wildman–Crippen MR) is 262 cm³/mol. The van der Waals surface area contributed by atoms with Crippen molar-refractivity contribution in [2.24, 2.45) is 40.4 Å². The van der Waals surface area contributed by atoms with Gasteiger partial charge in [-0.15, -0.1) is 0 Å². The lowest BCUT2D eigenvalue weighted by molar-refractivity contribution is -0.0968. The lowest BCUT2D eigenvalue weighted by Crippen LogP contribution is -2.45. The molecule has 6 saturated carbocycles. The zero-order valence-corrected chi connectivity index (χ0v) is 41.9. The fourth-order valence-corrected chi connectivity index (χ4v) is 13.3. The maximum absolute atomic E-state index is 10.7. The van der Waals surface area contributed by atoms with Crippen LogP contribution in [0.15, 0.2) is 70.9 Å². The molecular formula is C56H92O9. The summed E-state index contributed by atoms with van der Waals surface area (Å²) in [5.74, 6) is 3.08. The van der Waals surface area contributed by atoms with E-state index in [-0.39, 0.29) is 18.1 Å². The van der Waals surface area contributed by atoms with Gasteiger partial charge in [0, 0.05) is 32.7 Å². The molecule has 0 radical (unpaired) electrons. The Morgan fingerprint density at radius 2 is 1.28 bits per heavy atom. The van der Waals surface area contributed by atoms with Gasteiger partial charge in [-0.05, 0) is 187 Å². The van der Waals surface area contributed by atoms with E-state index in [1.54, 1.807) is 0 Å². The molecule has 0 amide bonds. The van der Waals surface area contributed by atoms with E-state index in [4.69, 9.17) is 14.6 Å². The standard InChI is InChI=1S/C30H50O5.C26H42O4/c1-20(9-6-15-29(3,4)34)24-13-14-25-22(10-7-16-30(24,25)5)11-12-23-19-26(32)28(27(33)21(23)2)35-18-8-17-31;1-17-20(15-21(27)16-24(17)28)9-8-19-7-6-12-26(5)22(10-11-23(19)26)18(2)30-14-13-25(3,4)29/h11-12,20,24-28,31-34H,2,6-10,13-19H2,1,3-5H3;8-9,18,21-24,27-29H,1,6-7,10-16H2,2-5H3/b22-11+,23-12-;19-8+,20-9-/t20-,24-,25?,26-,27-,28-,30-;18-,21+,22+,23?,24-,26+/m10/s1. The van der Waals surface area contributed by atoms with Crippen molar-refractivity contribution in [3.05, 3.63) is 70.9 Å². The third kappa shape index (κ3) is 13.9. The molecule has 2 unspecified atom stereocenters. The summed E-state index contributed by atoms with van der Waals surface area (Å²) >= 11 is 0. The first-order chi connectivity index (χ1) is 30.5. The van der Waals surface area contributed by atoms with Gasteiger partial charge in [0.2, 0.25) is 0 Å². The van der Waals surface area contributed by atoms with Crippen molar-refractivity contribution in [2.45, 2.75) is 219 Å². The van der Waals surface area contributed by atoms with E-state index >= 15 is 0 Å². The molecule has 370 valence electrons. The minimum absolute atomic E-state index is 0.0269. The quantitative estimate of drug-likeness (QED) is 0.0749. The molecule has 0 aromatic rings. The molecule has 0 spiro atoms. The van der Waals surface area contributed by atoms with Crippen LogP contribution in [0, 0.1) is 40.4 Å². The Bertz CT molecular complexity index is 1710. The molecule has 0 heterocycles. The molecule has 9 heteroatoms. The summed E-state index contributed by atoms with van der Waals surface area (Å²) < 4.78 is 11.8. The summed E-state index contributed by atoms with van der Waals surface area (Å²) in [5, 5.41) is 70.4. The smallest absolute Gasteiger partial charge is 0.114 e. The molecule has 65 heavy (non-hydrogen) atoms. The highest BCUT2D eigenvalue weighted by atomic mass is 16.5. The van der Waals surface area contributed by atoms with Crippen molar-refractivity contribution < 1.29 is 45.2 Å².